The van der Waals surface area contributed by atoms with E-state index in [1.54, 1.807) is 6.21 Å². The first-order valence-corrected chi connectivity index (χ1v) is 8.38. The SMILES string of the molecule is Cc1cc(/C=N\NC(=O)c2ccc(F)cc2)c(C)n1-c1ccccc1Cl. The first-order valence-electron chi connectivity index (χ1n) is 8.00. The minimum Gasteiger partial charge on any atom is -0.316 e. The van der Waals surface area contributed by atoms with Crippen LogP contribution in [0.2, 0.25) is 5.02 Å². The van der Waals surface area contributed by atoms with Crippen LogP contribution < -0.4 is 5.43 Å². The number of benzene rings is 2. The molecule has 6 heteroatoms. The van der Waals surface area contributed by atoms with Crippen molar-refractivity contribution < 1.29 is 9.18 Å². The van der Waals surface area contributed by atoms with E-state index in [0.29, 0.717) is 10.6 Å². The third kappa shape index (κ3) is 3.68. The molecule has 3 aromatic rings. The fraction of sp³-hybridized carbons (Fsp3) is 0.100. The zero-order valence-corrected chi connectivity index (χ0v) is 15.1. The van der Waals surface area contributed by atoms with Crippen molar-refractivity contribution in [1.82, 2.24) is 9.99 Å². The van der Waals surface area contributed by atoms with Crippen LogP contribution >= 0.6 is 11.6 Å². The van der Waals surface area contributed by atoms with Crippen molar-refractivity contribution in [1.29, 1.82) is 0 Å². The Morgan fingerprint density at radius 2 is 1.85 bits per heavy atom. The number of aryl methyl sites for hydroxylation is 1. The van der Waals surface area contributed by atoms with E-state index >= 15 is 0 Å². The molecule has 3 rings (SSSR count). The Hall–Kier alpha value is -2.92. The Morgan fingerprint density at radius 1 is 1.15 bits per heavy atom. The standard InChI is InChI=1S/C20H17ClFN3O/c1-13-11-16(14(2)25(13)19-6-4-3-5-18(19)21)12-23-24-20(26)15-7-9-17(22)10-8-15/h3-12H,1-2H3,(H,24,26)/b23-12-. The Labute approximate surface area is 155 Å². The van der Waals surface area contributed by atoms with Gasteiger partial charge in [-0.3, -0.25) is 4.79 Å². The molecule has 0 radical (unpaired) electrons. The molecule has 1 N–H and O–H groups in total. The van der Waals surface area contributed by atoms with Crippen molar-refractivity contribution in [3.63, 3.8) is 0 Å². The topological polar surface area (TPSA) is 46.4 Å². The summed E-state index contributed by atoms with van der Waals surface area (Å²) >= 11 is 6.30. The van der Waals surface area contributed by atoms with E-state index in [-0.39, 0.29) is 0 Å². The molecule has 132 valence electrons. The molecule has 0 saturated carbocycles. The number of carbonyl (C=O) groups is 1. The fourth-order valence-corrected chi connectivity index (χ4v) is 2.97. The van der Waals surface area contributed by atoms with Crippen molar-refractivity contribution >= 4 is 23.7 Å². The Bertz CT molecular complexity index is 977. The van der Waals surface area contributed by atoms with Crippen molar-refractivity contribution in [2.24, 2.45) is 5.10 Å². The lowest BCUT2D eigenvalue weighted by molar-refractivity contribution is 0.0955. The van der Waals surface area contributed by atoms with Crippen LogP contribution in [0.4, 0.5) is 4.39 Å². The zero-order valence-electron chi connectivity index (χ0n) is 14.3. The molecule has 4 nitrogen and oxygen atoms in total. The second-order valence-electron chi connectivity index (χ2n) is 5.82. The normalized spacial score (nSPS) is 11.1. The molecule has 0 unspecified atom stereocenters. The maximum absolute atomic E-state index is 12.9. The van der Waals surface area contributed by atoms with Gasteiger partial charge >= 0.3 is 0 Å². The summed E-state index contributed by atoms with van der Waals surface area (Å²) in [5.74, 6) is -0.793. The lowest BCUT2D eigenvalue weighted by Crippen LogP contribution is -2.17. The lowest BCUT2D eigenvalue weighted by atomic mass is 10.2. The van der Waals surface area contributed by atoms with Gasteiger partial charge in [-0.25, -0.2) is 9.82 Å². The number of para-hydroxylation sites is 1. The van der Waals surface area contributed by atoms with E-state index < -0.39 is 11.7 Å². The van der Waals surface area contributed by atoms with Gasteiger partial charge in [0.25, 0.3) is 5.91 Å². The summed E-state index contributed by atoms with van der Waals surface area (Å²) < 4.78 is 14.9. The molecule has 0 fully saturated rings. The summed E-state index contributed by atoms with van der Waals surface area (Å²) in [4.78, 5) is 12.0. The van der Waals surface area contributed by atoms with Gasteiger partial charge in [-0.2, -0.15) is 5.10 Å². The van der Waals surface area contributed by atoms with E-state index in [9.17, 15) is 9.18 Å². The minimum absolute atomic E-state index is 0.338. The molecule has 0 aliphatic carbocycles. The largest absolute Gasteiger partial charge is 0.316 e. The summed E-state index contributed by atoms with van der Waals surface area (Å²) in [6, 6.07) is 14.8. The van der Waals surface area contributed by atoms with Crippen LogP contribution in [0, 0.1) is 19.7 Å². The third-order valence-corrected chi connectivity index (χ3v) is 4.36. The number of amides is 1. The average molecular weight is 370 g/mol. The second-order valence-corrected chi connectivity index (χ2v) is 6.23. The number of halogens is 2. The van der Waals surface area contributed by atoms with E-state index in [1.807, 2.05) is 48.7 Å². The van der Waals surface area contributed by atoms with Crippen molar-refractivity contribution in [3.05, 3.63) is 88.0 Å². The van der Waals surface area contributed by atoms with Crippen LogP contribution in [0.3, 0.4) is 0 Å². The number of hydrogen-bond donors (Lipinski definition) is 1. The van der Waals surface area contributed by atoms with Crippen LogP contribution in [-0.4, -0.2) is 16.7 Å². The number of hydrogen-bond acceptors (Lipinski definition) is 2. The molecule has 2 aromatic carbocycles. The number of nitrogens with one attached hydrogen (secondary N) is 1. The molecule has 0 atom stereocenters. The van der Waals surface area contributed by atoms with Crippen molar-refractivity contribution in [2.75, 3.05) is 0 Å². The highest BCUT2D eigenvalue weighted by Crippen LogP contribution is 2.25. The van der Waals surface area contributed by atoms with Crippen LogP contribution in [0.1, 0.15) is 27.3 Å². The molecule has 0 aliphatic rings. The number of rotatable bonds is 4. The number of aromatic nitrogens is 1. The Kier molecular flexibility index (Phi) is 5.19. The summed E-state index contributed by atoms with van der Waals surface area (Å²) in [5.41, 5.74) is 6.49. The maximum Gasteiger partial charge on any atom is 0.271 e. The Morgan fingerprint density at radius 3 is 2.54 bits per heavy atom. The molecular weight excluding hydrogens is 353 g/mol. The highest BCUT2D eigenvalue weighted by atomic mass is 35.5. The Balaban J connectivity index is 1.80. The lowest BCUT2D eigenvalue weighted by Gasteiger charge is -2.11. The molecule has 0 bridgehead atoms. The van der Waals surface area contributed by atoms with Gasteiger partial charge in [0.1, 0.15) is 5.82 Å². The predicted octanol–water partition coefficient (Wildman–Crippen LogP) is 4.65. The molecule has 1 heterocycles. The number of nitrogens with zero attached hydrogens (tertiary/aromatic N) is 2. The van der Waals surface area contributed by atoms with E-state index in [2.05, 4.69) is 10.5 Å². The molecule has 1 amide bonds. The highest BCUT2D eigenvalue weighted by Gasteiger charge is 2.11. The quantitative estimate of drug-likeness (QED) is 0.528. The number of carbonyl (C=O) groups excluding carboxylic acids is 1. The first kappa shape index (κ1) is 17.9. The van der Waals surface area contributed by atoms with Gasteiger partial charge in [-0.05, 0) is 56.3 Å². The summed E-state index contributed by atoms with van der Waals surface area (Å²) in [6.45, 7) is 3.93. The smallest absolute Gasteiger partial charge is 0.271 e. The van der Waals surface area contributed by atoms with Gasteiger partial charge in [0.2, 0.25) is 0 Å². The molecule has 1 aromatic heterocycles. The van der Waals surface area contributed by atoms with Gasteiger partial charge in [0, 0.05) is 22.5 Å². The molecule has 0 aliphatic heterocycles. The van der Waals surface area contributed by atoms with Crippen molar-refractivity contribution in [3.8, 4) is 5.69 Å². The van der Waals surface area contributed by atoms with Crippen LogP contribution in [0.25, 0.3) is 5.69 Å². The van der Waals surface area contributed by atoms with E-state index in [0.717, 1.165) is 22.6 Å². The monoisotopic (exact) mass is 369 g/mol. The van der Waals surface area contributed by atoms with Crippen molar-refractivity contribution in [2.45, 2.75) is 13.8 Å². The minimum atomic E-state index is -0.402. The van der Waals surface area contributed by atoms with Crippen LogP contribution in [0.15, 0.2) is 59.7 Å². The van der Waals surface area contributed by atoms with Crippen LogP contribution in [0.5, 0.6) is 0 Å². The molecule has 0 spiro atoms. The second kappa shape index (κ2) is 7.54. The molecule has 26 heavy (non-hydrogen) atoms. The van der Waals surface area contributed by atoms with Crippen LogP contribution in [-0.2, 0) is 0 Å². The average Bonchev–Trinajstić information content (AvgIpc) is 2.90. The fourth-order valence-electron chi connectivity index (χ4n) is 2.75. The summed E-state index contributed by atoms with van der Waals surface area (Å²) in [5, 5.41) is 4.66. The van der Waals surface area contributed by atoms with Gasteiger partial charge in [0.05, 0.1) is 16.9 Å². The summed E-state index contributed by atoms with van der Waals surface area (Å²) in [6.07, 6.45) is 1.58. The highest BCUT2D eigenvalue weighted by molar-refractivity contribution is 6.32. The molecule has 0 saturated heterocycles. The summed E-state index contributed by atoms with van der Waals surface area (Å²) in [7, 11) is 0. The van der Waals surface area contributed by atoms with Gasteiger partial charge in [-0.1, -0.05) is 23.7 Å². The number of hydrazone groups is 1. The van der Waals surface area contributed by atoms with Gasteiger partial charge in [-0.15, -0.1) is 0 Å². The molecular formula is C20H17ClFN3O. The van der Waals surface area contributed by atoms with E-state index in [1.165, 1.54) is 24.3 Å². The van der Waals surface area contributed by atoms with E-state index in [4.69, 9.17) is 11.6 Å². The third-order valence-electron chi connectivity index (χ3n) is 4.04. The zero-order chi connectivity index (χ0) is 18.7. The maximum atomic E-state index is 12.9. The predicted molar refractivity (Wildman–Crippen MR) is 102 cm³/mol. The first-order chi connectivity index (χ1) is 12.5. The van der Waals surface area contributed by atoms with Gasteiger partial charge in [0.15, 0.2) is 0 Å². The van der Waals surface area contributed by atoms with Gasteiger partial charge < -0.3 is 4.57 Å².